The summed E-state index contributed by atoms with van der Waals surface area (Å²) >= 11 is 0. The number of fused-ring (bicyclic) bond motifs is 2. The number of ether oxygens (including phenoxy) is 1. The smallest absolute Gasteiger partial charge is 0.330 e. The van der Waals surface area contributed by atoms with Crippen LogP contribution in [0.3, 0.4) is 0 Å². The molecule has 0 spiro atoms. The average Bonchev–Trinajstić information content (AvgIpc) is 3.69. The van der Waals surface area contributed by atoms with Crippen LogP contribution < -0.4 is 21.5 Å². The van der Waals surface area contributed by atoms with Crippen LogP contribution in [0, 0.1) is 13.8 Å². The second-order valence-corrected chi connectivity index (χ2v) is 9.55. The molecule has 0 bridgehead atoms. The van der Waals surface area contributed by atoms with Gasteiger partial charge in [-0.25, -0.2) is 14.8 Å². The van der Waals surface area contributed by atoms with Crippen molar-refractivity contribution in [1.82, 2.24) is 19.5 Å². The molecule has 14 nitrogen and oxygen atoms in total. The van der Waals surface area contributed by atoms with Crippen LogP contribution in [0.1, 0.15) is 47.0 Å². The van der Waals surface area contributed by atoms with Crippen LogP contribution >= 0.6 is 0 Å². The first-order chi connectivity index (χ1) is 18.8. The Morgan fingerprint density at radius 3 is 2.64 bits per heavy atom. The largest absolute Gasteiger partial charge is 0.394 e. The molecule has 3 N–H and O–H groups in total. The van der Waals surface area contributed by atoms with E-state index in [2.05, 4.69) is 35.2 Å². The van der Waals surface area contributed by atoms with Crippen molar-refractivity contribution in [2.24, 2.45) is 5.11 Å². The third kappa shape index (κ3) is 5.12. The molecule has 0 unspecified atom stereocenters. The van der Waals surface area contributed by atoms with Crippen molar-refractivity contribution in [2.45, 2.75) is 57.5 Å². The number of nitrogens with zero attached hydrogens (tertiary/aromatic N) is 7. The predicted octanol–water partition coefficient (Wildman–Crippen LogP) is 2.45. The Kier molecular flexibility index (Phi) is 7.15. The zero-order valence-corrected chi connectivity index (χ0v) is 21.3. The second-order valence-electron chi connectivity index (χ2n) is 9.55. The number of hydrogen-bond donors (Lipinski definition) is 3. The van der Waals surface area contributed by atoms with E-state index in [1.54, 1.807) is 25.4 Å². The number of carbonyl (C=O) groups excluding carboxylic acids is 1. The number of rotatable bonds is 4. The van der Waals surface area contributed by atoms with Crippen LogP contribution in [0.5, 0.6) is 0 Å². The second kappa shape index (κ2) is 10.7. The number of aromatic amines is 1. The fourth-order valence-electron chi connectivity index (χ4n) is 4.65. The van der Waals surface area contributed by atoms with Gasteiger partial charge >= 0.3 is 5.69 Å². The number of H-pyrrole nitrogens is 1. The van der Waals surface area contributed by atoms with Crippen LogP contribution in [0.4, 0.5) is 17.3 Å². The molecule has 3 atom stereocenters. The van der Waals surface area contributed by atoms with Crippen LogP contribution in [0.15, 0.2) is 51.5 Å². The van der Waals surface area contributed by atoms with Crippen molar-refractivity contribution < 1.29 is 14.6 Å². The number of anilines is 3. The van der Waals surface area contributed by atoms with Gasteiger partial charge in [0.1, 0.15) is 12.0 Å². The number of carbonyl (C=O) groups is 1. The molecule has 1 saturated carbocycles. The summed E-state index contributed by atoms with van der Waals surface area (Å²) in [6, 6.07) is 5.37. The third-order valence-corrected chi connectivity index (χ3v) is 6.82. The molecule has 1 amide bonds. The number of aliphatic hydroxyl groups excluding tert-OH is 1. The van der Waals surface area contributed by atoms with Crippen molar-refractivity contribution in [3.8, 4) is 0 Å². The van der Waals surface area contributed by atoms with Gasteiger partial charge < -0.3 is 20.1 Å². The molecule has 6 rings (SSSR count). The van der Waals surface area contributed by atoms with E-state index in [1.807, 2.05) is 19.1 Å². The van der Waals surface area contributed by atoms with E-state index in [9.17, 15) is 14.4 Å². The van der Waals surface area contributed by atoms with E-state index in [4.69, 9.17) is 15.4 Å². The molecule has 3 aliphatic rings. The summed E-state index contributed by atoms with van der Waals surface area (Å²) < 4.78 is 6.69. The Balaban J connectivity index is 0.000000158. The molecule has 1 aliphatic carbocycles. The normalized spacial score (nSPS) is 21.5. The number of hydrogen-bond acceptors (Lipinski definition) is 9. The highest BCUT2D eigenvalue weighted by atomic mass is 16.5. The van der Waals surface area contributed by atoms with Crippen molar-refractivity contribution in [3.63, 3.8) is 0 Å². The van der Waals surface area contributed by atoms with Crippen LogP contribution in [0.2, 0.25) is 0 Å². The van der Waals surface area contributed by atoms with Gasteiger partial charge in [0.2, 0.25) is 0 Å². The van der Waals surface area contributed by atoms with Crippen LogP contribution in [-0.2, 0) is 4.74 Å². The zero-order chi connectivity index (χ0) is 27.7. The number of aryl methyl sites for hydroxylation is 2. The third-order valence-electron chi connectivity index (χ3n) is 6.82. The number of azide groups is 1. The van der Waals surface area contributed by atoms with Gasteiger partial charge in [-0.15, -0.1) is 0 Å². The van der Waals surface area contributed by atoms with Gasteiger partial charge in [0.15, 0.2) is 5.82 Å². The molecule has 14 heteroatoms. The van der Waals surface area contributed by atoms with Gasteiger partial charge in [-0.3, -0.25) is 19.1 Å². The van der Waals surface area contributed by atoms with Crippen molar-refractivity contribution in [1.29, 1.82) is 0 Å². The summed E-state index contributed by atoms with van der Waals surface area (Å²) in [7, 11) is 0. The molecular weight excluding hydrogens is 506 g/mol. The molecule has 0 radical (unpaired) electrons. The summed E-state index contributed by atoms with van der Waals surface area (Å²) in [5.41, 5.74) is 10.2. The van der Waals surface area contributed by atoms with Gasteiger partial charge in [-0.2, -0.15) is 0 Å². The Labute approximate surface area is 221 Å². The maximum Gasteiger partial charge on any atom is 0.330 e. The number of pyridine rings is 2. The fourth-order valence-corrected chi connectivity index (χ4v) is 4.65. The Hall–Kier alpha value is -4.52. The lowest BCUT2D eigenvalue weighted by atomic mass is 10.1. The van der Waals surface area contributed by atoms with E-state index < -0.39 is 29.6 Å². The topological polar surface area (TPSA) is 191 Å². The highest BCUT2D eigenvalue weighted by molar-refractivity contribution is 6.11. The molecule has 202 valence electrons. The summed E-state index contributed by atoms with van der Waals surface area (Å²) in [6.07, 6.45) is 6.06. The van der Waals surface area contributed by atoms with Crippen LogP contribution in [0.25, 0.3) is 10.4 Å². The number of aromatic nitrogens is 4. The predicted molar refractivity (Wildman–Crippen MR) is 141 cm³/mol. The summed E-state index contributed by atoms with van der Waals surface area (Å²) in [4.78, 5) is 51.3. The molecule has 0 aromatic carbocycles. The number of aliphatic hydroxyl groups is 1. The van der Waals surface area contributed by atoms with Crippen molar-refractivity contribution >= 4 is 23.2 Å². The summed E-state index contributed by atoms with van der Waals surface area (Å²) in [5.74, 6) is 1.40. The maximum atomic E-state index is 12.4. The van der Waals surface area contributed by atoms with Crippen LogP contribution in [-0.4, -0.2) is 55.3 Å². The van der Waals surface area contributed by atoms with E-state index in [0.29, 0.717) is 23.0 Å². The molecule has 3 aromatic heterocycles. The Morgan fingerprint density at radius 1 is 1.15 bits per heavy atom. The minimum atomic E-state index is -0.671. The average molecular weight is 534 g/mol. The molecule has 3 aromatic rings. The first kappa shape index (κ1) is 26.1. The van der Waals surface area contributed by atoms with E-state index >= 15 is 0 Å². The summed E-state index contributed by atoms with van der Waals surface area (Å²) in [6.45, 7) is 3.24. The lowest BCUT2D eigenvalue weighted by Gasteiger charge is -2.23. The van der Waals surface area contributed by atoms with Crippen molar-refractivity contribution in [2.75, 3.05) is 16.8 Å². The fraction of sp³-hybridized carbons (Fsp3) is 0.400. The van der Waals surface area contributed by atoms with Gasteiger partial charge in [0, 0.05) is 41.5 Å². The molecule has 1 saturated heterocycles. The number of amides is 1. The van der Waals surface area contributed by atoms with E-state index in [-0.39, 0.29) is 18.9 Å². The maximum absolute atomic E-state index is 12.4. The zero-order valence-electron chi connectivity index (χ0n) is 21.3. The quantitative estimate of drug-likeness (QED) is 0.259. The highest BCUT2D eigenvalue weighted by Crippen LogP contribution is 2.43. The molecular formula is C25H27N9O5. The SMILES string of the molecule is Cc1ccnc2c1NC(=O)c1cccnc1N2C1CC1.Cc1cn([C@H]2C[C@H](N=[N+]=[N-])[C@@H](CO)O2)c(=O)[nH]c1=O. The Morgan fingerprint density at radius 2 is 1.92 bits per heavy atom. The van der Waals surface area contributed by atoms with Crippen molar-refractivity contribution in [3.05, 3.63) is 84.8 Å². The number of nitrogens with one attached hydrogen (secondary N) is 2. The first-order valence-electron chi connectivity index (χ1n) is 12.5. The first-order valence-corrected chi connectivity index (χ1v) is 12.5. The molecule has 2 fully saturated rings. The lowest BCUT2D eigenvalue weighted by Crippen LogP contribution is -2.33. The van der Waals surface area contributed by atoms with Gasteiger partial charge in [-0.05, 0) is 56.0 Å². The van der Waals surface area contributed by atoms with E-state index in [0.717, 1.165) is 29.9 Å². The molecule has 2 aliphatic heterocycles. The minimum absolute atomic E-state index is 0.117. The van der Waals surface area contributed by atoms with Gasteiger partial charge in [-0.1, -0.05) is 5.11 Å². The standard InChI is InChI=1S/C15H14N4O.C10H13N5O4/c1-9-6-8-17-14-12(9)18-15(20)11-3-2-7-16-13(11)19(14)10-4-5-10;1-5-3-15(10(18)12-9(5)17)8-2-6(13-14-11)7(4-16)19-8/h2-3,6-8,10H,4-5H2,1H3,(H,18,20);3,6-8,16H,2,4H2,1H3,(H,12,17,18)/t;6-,7+,8+/m.0/s1. The lowest BCUT2D eigenvalue weighted by molar-refractivity contribution is -0.0271. The Bertz CT molecular complexity index is 1570. The molecule has 39 heavy (non-hydrogen) atoms. The van der Waals surface area contributed by atoms with Gasteiger partial charge in [0.05, 0.1) is 30.0 Å². The minimum Gasteiger partial charge on any atom is -0.394 e. The van der Waals surface area contributed by atoms with E-state index in [1.165, 1.54) is 10.8 Å². The van der Waals surface area contributed by atoms with Gasteiger partial charge in [0.25, 0.3) is 11.5 Å². The highest BCUT2D eigenvalue weighted by Gasteiger charge is 2.38. The summed E-state index contributed by atoms with van der Waals surface area (Å²) in [5, 5.41) is 15.6. The monoisotopic (exact) mass is 533 g/mol. The molecule has 5 heterocycles.